The van der Waals surface area contributed by atoms with Crippen molar-refractivity contribution in [3.8, 4) is 5.75 Å². The third-order valence-electron chi connectivity index (χ3n) is 5.72. The molecule has 0 saturated carbocycles. The number of fused-ring (bicyclic) bond motifs is 1. The summed E-state index contributed by atoms with van der Waals surface area (Å²) >= 11 is 12.6. The van der Waals surface area contributed by atoms with E-state index in [4.69, 9.17) is 27.9 Å². The van der Waals surface area contributed by atoms with E-state index >= 15 is 0 Å². The van der Waals surface area contributed by atoms with Gasteiger partial charge in [0.2, 0.25) is 0 Å². The van der Waals surface area contributed by atoms with Crippen molar-refractivity contribution in [1.82, 2.24) is 5.32 Å². The number of Topliss-reactive ketones (excluding diaryl/α,β-unsaturated/α-hetero) is 1. The first-order chi connectivity index (χ1) is 17.7. The van der Waals surface area contributed by atoms with E-state index in [0.29, 0.717) is 5.69 Å². The number of ether oxygens (including phenoxy) is 1. The Morgan fingerprint density at radius 3 is 2.05 bits per heavy atom. The summed E-state index contributed by atoms with van der Waals surface area (Å²) in [5, 5.41) is 2.66. The number of benzene rings is 3. The van der Waals surface area contributed by atoms with E-state index in [-0.39, 0.29) is 39.5 Å². The fraction of sp³-hybridized carbons (Fsp3) is 0.185. The van der Waals surface area contributed by atoms with Crippen molar-refractivity contribution in [1.29, 1.82) is 0 Å². The van der Waals surface area contributed by atoms with Crippen LogP contribution in [0, 0.1) is 5.92 Å². The van der Waals surface area contributed by atoms with Gasteiger partial charge in [0, 0.05) is 11.6 Å². The number of nitrogens with one attached hydrogen (secondary N) is 1. The zero-order valence-corrected chi connectivity index (χ0v) is 21.5. The molecule has 8 nitrogen and oxygen atoms in total. The third-order valence-corrected chi connectivity index (χ3v) is 6.44. The largest absolute Gasteiger partial charge is 0.413 e. The van der Waals surface area contributed by atoms with Gasteiger partial charge in [0.15, 0.2) is 11.8 Å². The number of carbonyl (C=O) groups excluding carboxylic acids is 4. The summed E-state index contributed by atoms with van der Waals surface area (Å²) in [6, 6.07) is 17.9. The number of hydrogen-bond donors (Lipinski definition) is 1. The van der Waals surface area contributed by atoms with Gasteiger partial charge in [-0.25, -0.2) is 4.79 Å². The third kappa shape index (κ3) is 5.60. The molecular formula is C27H23Cl2N3O5. The fourth-order valence-electron chi connectivity index (χ4n) is 3.76. The van der Waals surface area contributed by atoms with Crippen LogP contribution < -0.4 is 19.9 Å². The van der Waals surface area contributed by atoms with Gasteiger partial charge in [-0.05, 0) is 36.4 Å². The van der Waals surface area contributed by atoms with E-state index in [0.717, 1.165) is 4.90 Å². The van der Waals surface area contributed by atoms with Crippen molar-refractivity contribution in [3.05, 3.63) is 82.8 Å². The Balaban J connectivity index is 1.83. The van der Waals surface area contributed by atoms with Crippen molar-refractivity contribution >= 4 is 64.0 Å². The maximum absolute atomic E-state index is 13.9. The maximum Gasteiger partial charge on any atom is 0.413 e. The van der Waals surface area contributed by atoms with Crippen molar-refractivity contribution in [2.24, 2.45) is 5.92 Å². The van der Waals surface area contributed by atoms with E-state index in [1.54, 1.807) is 74.5 Å². The monoisotopic (exact) mass is 539 g/mol. The minimum atomic E-state index is -1.71. The van der Waals surface area contributed by atoms with Crippen LogP contribution in [0.15, 0.2) is 72.8 Å². The second-order valence-electron chi connectivity index (χ2n) is 8.59. The molecule has 37 heavy (non-hydrogen) atoms. The zero-order chi connectivity index (χ0) is 26.7. The Morgan fingerprint density at radius 1 is 0.892 bits per heavy atom. The Morgan fingerprint density at radius 2 is 1.46 bits per heavy atom. The predicted octanol–water partition coefficient (Wildman–Crippen LogP) is 5.39. The molecule has 0 bridgehead atoms. The van der Waals surface area contributed by atoms with Crippen LogP contribution >= 0.6 is 23.2 Å². The fourth-order valence-corrected chi connectivity index (χ4v) is 4.08. The Bertz CT molecular complexity index is 1350. The lowest BCUT2D eigenvalue weighted by atomic mass is 10.1. The molecule has 0 saturated heterocycles. The highest BCUT2D eigenvalue weighted by Gasteiger charge is 2.43. The normalized spacial score (nSPS) is 15.3. The molecule has 1 N–H and O–H groups in total. The highest BCUT2D eigenvalue weighted by atomic mass is 35.5. The quantitative estimate of drug-likeness (QED) is 0.424. The lowest BCUT2D eigenvalue weighted by Gasteiger charge is -2.26. The second kappa shape index (κ2) is 11.0. The van der Waals surface area contributed by atoms with Crippen molar-refractivity contribution in [2.75, 3.05) is 16.3 Å². The summed E-state index contributed by atoms with van der Waals surface area (Å²) in [6.07, 6.45) is -1.01. The standard InChI is InChI=1S/C27H23Cl2N3O5/c1-16(2)23(33)15-31-21-13-19(28)20(29)14-22(21)32(17-9-5-3-6-10-17)26(35)24(25(31)34)30-27(36)37-18-11-7-4-8-12-18/h3-14,16,24H,15H2,1-2H3,(H,30,36). The number of ketones is 1. The summed E-state index contributed by atoms with van der Waals surface area (Å²) < 4.78 is 5.26. The first-order valence-corrected chi connectivity index (χ1v) is 12.2. The predicted molar refractivity (Wildman–Crippen MR) is 142 cm³/mol. The van der Waals surface area contributed by atoms with Crippen LogP contribution in [0.2, 0.25) is 10.0 Å². The molecule has 1 heterocycles. The van der Waals surface area contributed by atoms with E-state index in [1.165, 1.54) is 17.0 Å². The SMILES string of the molecule is CC(C)C(=O)CN1C(=O)C(NC(=O)Oc2ccccc2)C(=O)N(c2ccccc2)c2cc(Cl)c(Cl)cc21. The lowest BCUT2D eigenvalue weighted by Crippen LogP contribution is -2.56. The van der Waals surface area contributed by atoms with Crippen LogP contribution in [0.25, 0.3) is 0 Å². The number of carbonyl (C=O) groups is 4. The van der Waals surface area contributed by atoms with Gasteiger partial charge in [0.25, 0.3) is 11.8 Å². The highest BCUT2D eigenvalue weighted by Crippen LogP contribution is 2.42. The minimum Gasteiger partial charge on any atom is -0.410 e. The van der Waals surface area contributed by atoms with Gasteiger partial charge in [-0.2, -0.15) is 0 Å². The molecule has 0 spiro atoms. The topological polar surface area (TPSA) is 96.0 Å². The molecule has 10 heteroatoms. The molecular weight excluding hydrogens is 517 g/mol. The lowest BCUT2D eigenvalue weighted by molar-refractivity contribution is -0.130. The molecule has 3 amide bonds. The number of para-hydroxylation sites is 2. The Hall–Kier alpha value is -3.88. The summed E-state index contributed by atoms with van der Waals surface area (Å²) in [7, 11) is 0. The zero-order valence-electron chi connectivity index (χ0n) is 20.0. The number of amides is 3. The molecule has 4 rings (SSSR count). The van der Waals surface area contributed by atoms with Crippen LogP contribution in [0.5, 0.6) is 5.75 Å². The summed E-state index contributed by atoms with van der Waals surface area (Å²) in [6.45, 7) is 3.06. The smallest absolute Gasteiger partial charge is 0.410 e. The van der Waals surface area contributed by atoms with Gasteiger partial charge >= 0.3 is 6.09 Å². The van der Waals surface area contributed by atoms with Crippen LogP contribution in [0.3, 0.4) is 0 Å². The van der Waals surface area contributed by atoms with Crippen LogP contribution in [0.1, 0.15) is 13.8 Å². The molecule has 1 unspecified atom stereocenters. The minimum absolute atomic E-state index is 0.130. The summed E-state index contributed by atoms with van der Waals surface area (Å²) in [5.74, 6) is -2.00. The summed E-state index contributed by atoms with van der Waals surface area (Å²) in [4.78, 5) is 55.7. The summed E-state index contributed by atoms with van der Waals surface area (Å²) in [5.41, 5.74) is 0.850. The Labute approximate surface area is 223 Å². The van der Waals surface area contributed by atoms with Crippen LogP contribution in [0.4, 0.5) is 21.9 Å². The van der Waals surface area contributed by atoms with Gasteiger partial charge < -0.3 is 15.0 Å². The second-order valence-corrected chi connectivity index (χ2v) is 9.40. The number of rotatable bonds is 6. The first kappa shape index (κ1) is 26.2. The van der Waals surface area contributed by atoms with E-state index in [2.05, 4.69) is 5.32 Å². The van der Waals surface area contributed by atoms with Crippen molar-refractivity contribution in [2.45, 2.75) is 19.9 Å². The Kier molecular flexibility index (Phi) is 7.80. The number of nitrogens with zero attached hydrogens (tertiary/aromatic N) is 2. The van der Waals surface area contributed by atoms with Crippen LogP contribution in [-0.2, 0) is 14.4 Å². The molecule has 3 aromatic rings. The maximum atomic E-state index is 13.9. The highest BCUT2D eigenvalue weighted by molar-refractivity contribution is 6.43. The molecule has 3 aromatic carbocycles. The molecule has 0 aromatic heterocycles. The molecule has 190 valence electrons. The van der Waals surface area contributed by atoms with Gasteiger partial charge in [-0.3, -0.25) is 19.3 Å². The number of hydrogen-bond acceptors (Lipinski definition) is 5. The average Bonchev–Trinajstić information content (AvgIpc) is 2.95. The average molecular weight is 540 g/mol. The molecule has 0 fully saturated rings. The van der Waals surface area contributed by atoms with Gasteiger partial charge in [0.05, 0.1) is 28.0 Å². The number of halogens is 2. The van der Waals surface area contributed by atoms with E-state index in [9.17, 15) is 19.2 Å². The first-order valence-electron chi connectivity index (χ1n) is 11.4. The van der Waals surface area contributed by atoms with Crippen molar-refractivity contribution in [3.63, 3.8) is 0 Å². The van der Waals surface area contributed by atoms with Crippen LogP contribution in [-0.4, -0.2) is 36.3 Å². The van der Waals surface area contributed by atoms with Gasteiger partial charge in [-0.1, -0.05) is 73.4 Å². The molecule has 1 aliphatic rings. The molecule has 0 radical (unpaired) electrons. The molecule has 1 atom stereocenters. The molecule has 0 aliphatic carbocycles. The van der Waals surface area contributed by atoms with Gasteiger partial charge in [-0.15, -0.1) is 0 Å². The van der Waals surface area contributed by atoms with E-state index in [1.807, 2.05) is 0 Å². The van der Waals surface area contributed by atoms with Gasteiger partial charge in [0.1, 0.15) is 5.75 Å². The number of anilines is 3. The van der Waals surface area contributed by atoms with Crippen molar-refractivity contribution < 1.29 is 23.9 Å². The van der Waals surface area contributed by atoms with E-state index < -0.39 is 29.9 Å². The molecule has 1 aliphatic heterocycles.